The molecule has 0 aliphatic carbocycles. The second kappa shape index (κ2) is 7.85. The van der Waals surface area contributed by atoms with Gasteiger partial charge in [-0.2, -0.15) is 0 Å². The number of benzene rings is 1. The third kappa shape index (κ3) is 4.71. The quantitative estimate of drug-likeness (QED) is 0.538. The Morgan fingerprint density at radius 2 is 2.08 bits per heavy atom. The van der Waals surface area contributed by atoms with Gasteiger partial charge in [0.2, 0.25) is 15.9 Å². The number of carbonyl (C=O) groups is 2. The van der Waals surface area contributed by atoms with Gasteiger partial charge in [-0.3, -0.25) is 9.59 Å². The number of fused-ring (bicyclic) bond motifs is 1. The summed E-state index contributed by atoms with van der Waals surface area (Å²) in [6.45, 7) is -0.213. The second-order valence-corrected chi connectivity index (χ2v) is 8.12. The molecule has 0 fully saturated rings. The zero-order chi connectivity index (χ0) is 18.6. The minimum atomic E-state index is -3.57. The Hall–Kier alpha value is -2.11. The molecule has 0 saturated carbocycles. The van der Waals surface area contributed by atoms with E-state index >= 15 is 0 Å². The summed E-state index contributed by atoms with van der Waals surface area (Å²) in [6, 6.07) is 4.36. The summed E-state index contributed by atoms with van der Waals surface area (Å²) in [7, 11) is 0.545. The second-order valence-electron chi connectivity index (χ2n) is 5.04. The third-order valence-corrected chi connectivity index (χ3v) is 5.74. The zero-order valence-electron chi connectivity index (χ0n) is 13.8. The summed E-state index contributed by atoms with van der Waals surface area (Å²) in [5, 5.41) is 2.61. The van der Waals surface area contributed by atoms with Gasteiger partial charge in [-0.1, -0.05) is 11.8 Å². The molecule has 25 heavy (non-hydrogen) atoms. The highest BCUT2D eigenvalue weighted by Gasteiger charge is 2.19. The maximum Gasteiger partial charge on any atom is 0.325 e. The normalized spacial score (nSPS) is 11.7. The number of ether oxygens (including phenoxy) is 1. The van der Waals surface area contributed by atoms with Gasteiger partial charge in [-0.15, -0.1) is 0 Å². The fraction of sp³-hybridized carbons (Fsp3) is 0.357. The molecule has 0 radical (unpaired) electrons. The van der Waals surface area contributed by atoms with Crippen LogP contribution in [0.4, 0.5) is 0 Å². The Kier molecular flexibility index (Phi) is 6.03. The van der Waals surface area contributed by atoms with E-state index in [9.17, 15) is 18.0 Å². The van der Waals surface area contributed by atoms with Crippen molar-refractivity contribution in [3.8, 4) is 0 Å². The molecule has 2 aromatic rings. The van der Waals surface area contributed by atoms with Crippen LogP contribution in [0, 0.1) is 0 Å². The molecule has 0 saturated heterocycles. The summed E-state index contributed by atoms with van der Waals surface area (Å²) in [4.78, 5) is 26.8. The fourth-order valence-electron chi connectivity index (χ4n) is 1.74. The number of methoxy groups -OCH3 is 1. The number of esters is 1. The summed E-state index contributed by atoms with van der Waals surface area (Å²) < 4.78 is 35.2. The first kappa shape index (κ1) is 19.2. The highest BCUT2D eigenvalue weighted by molar-refractivity contribution is 7.99. The van der Waals surface area contributed by atoms with Gasteiger partial charge in [0, 0.05) is 14.1 Å². The van der Waals surface area contributed by atoms with Crippen molar-refractivity contribution in [2.75, 3.05) is 33.5 Å². The van der Waals surface area contributed by atoms with Crippen LogP contribution in [0.2, 0.25) is 0 Å². The molecule has 1 aromatic carbocycles. The maximum atomic E-state index is 12.1. The van der Waals surface area contributed by atoms with Gasteiger partial charge in [-0.25, -0.2) is 17.7 Å². The molecule has 136 valence electrons. The number of aromatic nitrogens is 1. The van der Waals surface area contributed by atoms with Crippen molar-refractivity contribution < 1.29 is 27.2 Å². The van der Waals surface area contributed by atoms with Gasteiger partial charge in [0.1, 0.15) is 12.1 Å². The number of hydrogen-bond acceptors (Lipinski definition) is 8. The van der Waals surface area contributed by atoms with E-state index in [1.54, 1.807) is 0 Å². The van der Waals surface area contributed by atoms with Crippen LogP contribution >= 0.6 is 11.8 Å². The molecule has 0 bridgehead atoms. The average molecular weight is 387 g/mol. The number of nitrogens with one attached hydrogen (secondary N) is 1. The van der Waals surface area contributed by atoms with Gasteiger partial charge in [0.25, 0.3) is 5.22 Å². The Morgan fingerprint density at radius 3 is 2.72 bits per heavy atom. The lowest BCUT2D eigenvalue weighted by Crippen LogP contribution is -2.31. The van der Waals surface area contributed by atoms with Crippen molar-refractivity contribution in [2.24, 2.45) is 0 Å². The average Bonchev–Trinajstić information content (AvgIpc) is 2.99. The SMILES string of the molecule is COC(=O)CNC(=O)CSc1nc2cc(S(=O)(=O)N(C)C)ccc2o1. The van der Waals surface area contributed by atoms with Crippen molar-refractivity contribution in [1.29, 1.82) is 0 Å². The Bertz CT molecular complexity index is 891. The summed E-state index contributed by atoms with van der Waals surface area (Å²) >= 11 is 1.03. The largest absolute Gasteiger partial charge is 0.468 e. The lowest BCUT2D eigenvalue weighted by Gasteiger charge is -2.10. The Morgan fingerprint density at radius 1 is 1.36 bits per heavy atom. The van der Waals surface area contributed by atoms with Crippen LogP contribution in [0.5, 0.6) is 0 Å². The first-order valence-electron chi connectivity index (χ1n) is 7.03. The standard InChI is InChI=1S/C14H17N3O6S2/c1-17(2)25(20,21)9-4-5-11-10(6-9)16-14(23-11)24-8-12(18)15-7-13(19)22-3/h4-6H,7-8H2,1-3H3,(H,15,18). The number of rotatable bonds is 7. The predicted octanol–water partition coefficient (Wildman–Crippen LogP) is 0.459. The number of sulfonamides is 1. The molecule has 0 unspecified atom stereocenters. The van der Waals surface area contributed by atoms with Crippen molar-refractivity contribution in [2.45, 2.75) is 10.1 Å². The van der Waals surface area contributed by atoms with E-state index in [2.05, 4.69) is 15.0 Å². The monoisotopic (exact) mass is 387 g/mol. The molecule has 1 aromatic heterocycles. The molecule has 0 aliphatic heterocycles. The molecular weight excluding hydrogens is 370 g/mol. The van der Waals surface area contributed by atoms with Crippen LogP contribution in [0.15, 0.2) is 32.7 Å². The van der Waals surface area contributed by atoms with Gasteiger partial charge in [0.05, 0.1) is 17.8 Å². The molecule has 9 nitrogen and oxygen atoms in total. The minimum absolute atomic E-state index is 0.00727. The lowest BCUT2D eigenvalue weighted by molar-refractivity contribution is -0.140. The van der Waals surface area contributed by atoms with Crippen molar-refractivity contribution in [3.63, 3.8) is 0 Å². The van der Waals surface area contributed by atoms with E-state index < -0.39 is 16.0 Å². The first-order valence-corrected chi connectivity index (χ1v) is 9.46. The van der Waals surface area contributed by atoms with Crippen LogP contribution < -0.4 is 5.32 Å². The minimum Gasteiger partial charge on any atom is -0.468 e. The van der Waals surface area contributed by atoms with Gasteiger partial charge in [-0.05, 0) is 18.2 Å². The Balaban J connectivity index is 2.06. The summed E-state index contributed by atoms with van der Waals surface area (Å²) in [6.07, 6.45) is 0. The van der Waals surface area contributed by atoms with E-state index in [0.29, 0.717) is 11.1 Å². The van der Waals surface area contributed by atoms with Crippen molar-refractivity contribution in [1.82, 2.24) is 14.6 Å². The molecule has 0 spiro atoms. The summed E-state index contributed by atoms with van der Waals surface area (Å²) in [5.74, 6) is -0.935. The molecule has 0 aliphatic rings. The number of thioether (sulfide) groups is 1. The maximum absolute atomic E-state index is 12.1. The first-order chi connectivity index (χ1) is 11.7. The van der Waals surface area contributed by atoms with Crippen molar-refractivity contribution >= 4 is 44.8 Å². The smallest absolute Gasteiger partial charge is 0.325 e. The zero-order valence-corrected chi connectivity index (χ0v) is 15.4. The number of carbonyl (C=O) groups excluding carboxylic acids is 2. The fourth-order valence-corrected chi connectivity index (χ4v) is 3.33. The number of amides is 1. The lowest BCUT2D eigenvalue weighted by atomic mass is 10.3. The van der Waals surface area contributed by atoms with Crippen LogP contribution in [0.1, 0.15) is 0 Å². The van der Waals surface area contributed by atoms with Gasteiger partial charge >= 0.3 is 5.97 Å². The van der Waals surface area contributed by atoms with Crippen LogP contribution in [0.25, 0.3) is 11.1 Å². The van der Waals surface area contributed by atoms with Gasteiger partial charge < -0.3 is 14.5 Å². The van der Waals surface area contributed by atoms with Crippen LogP contribution in [0.3, 0.4) is 0 Å². The van der Waals surface area contributed by atoms with E-state index in [-0.39, 0.29) is 28.3 Å². The topological polar surface area (TPSA) is 119 Å². The highest BCUT2D eigenvalue weighted by atomic mass is 32.2. The molecule has 1 heterocycles. The van der Waals surface area contributed by atoms with Crippen LogP contribution in [-0.2, 0) is 24.3 Å². The Labute approximate surface area is 148 Å². The van der Waals surface area contributed by atoms with E-state index in [1.165, 1.54) is 39.4 Å². The predicted molar refractivity (Wildman–Crippen MR) is 90.6 cm³/mol. The molecule has 11 heteroatoms. The molecule has 2 rings (SSSR count). The molecule has 0 atom stereocenters. The number of nitrogens with zero attached hydrogens (tertiary/aromatic N) is 2. The highest BCUT2D eigenvalue weighted by Crippen LogP contribution is 2.26. The van der Waals surface area contributed by atoms with Crippen molar-refractivity contribution in [3.05, 3.63) is 18.2 Å². The number of oxazole rings is 1. The van der Waals surface area contributed by atoms with Gasteiger partial charge in [0.15, 0.2) is 5.58 Å². The molecule has 1 amide bonds. The number of hydrogen-bond donors (Lipinski definition) is 1. The van der Waals surface area contributed by atoms with E-state index in [1.807, 2.05) is 0 Å². The summed E-state index contributed by atoms with van der Waals surface area (Å²) in [5.41, 5.74) is 0.788. The van der Waals surface area contributed by atoms with Crippen LogP contribution in [-0.4, -0.2) is 63.1 Å². The molecular formula is C14H17N3O6S2. The molecule has 1 N–H and O–H groups in total. The van der Waals surface area contributed by atoms with E-state index in [4.69, 9.17) is 4.42 Å². The van der Waals surface area contributed by atoms with E-state index in [0.717, 1.165) is 16.1 Å². The third-order valence-electron chi connectivity index (χ3n) is 3.10.